The summed E-state index contributed by atoms with van der Waals surface area (Å²) < 4.78 is 4.93. The number of hydrogen-bond donors (Lipinski definition) is 2. The van der Waals surface area contributed by atoms with Gasteiger partial charge in [0, 0.05) is 20.6 Å². The van der Waals surface area contributed by atoms with E-state index in [1.165, 1.54) is 6.92 Å². The average molecular weight is 208 g/mol. The molecule has 4 heteroatoms. The van der Waals surface area contributed by atoms with Gasteiger partial charge in [-0.05, 0) is 12.1 Å². The monoisotopic (exact) mass is 208 g/mol. The Kier molecular flexibility index (Phi) is 4.63. The predicted molar refractivity (Wildman–Crippen MR) is 61.1 cm³/mol. The highest BCUT2D eigenvalue weighted by Gasteiger charge is 2.01. The summed E-state index contributed by atoms with van der Waals surface area (Å²) in [5, 5.41) is 5.94. The van der Waals surface area contributed by atoms with E-state index >= 15 is 0 Å². The zero-order chi connectivity index (χ0) is 11.1. The molecular formula is C11H16N2O2. The van der Waals surface area contributed by atoms with Crippen molar-refractivity contribution in [3.8, 4) is 0 Å². The fraction of sp³-hybridized carbons (Fsp3) is 0.364. The molecule has 0 aliphatic rings. The fourth-order valence-electron chi connectivity index (χ4n) is 1.22. The van der Waals surface area contributed by atoms with Crippen LogP contribution in [-0.2, 0) is 9.53 Å². The smallest absolute Gasteiger partial charge is 0.221 e. The topological polar surface area (TPSA) is 50.4 Å². The number of amides is 1. The van der Waals surface area contributed by atoms with E-state index in [2.05, 4.69) is 10.6 Å². The summed E-state index contributed by atoms with van der Waals surface area (Å²) in [7, 11) is 1.65. The molecule has 1 amide bonds. The van der Waals surface area contributed by atoms with E-state index in [-0.39, 0.29) is 5.91 Å². The number of methoxy groups -OCH3 is 1. The third-order valence-electron chi connectivity index (χ3n) is 1.86. The quantitative estimate of drug-likeness (QED) is 0.724. The molecular weight excluding hydrogens is 192 g/mol. The summed E-state index contributed by atoms with van der Waals surface area (Å²) in [5.41, 5.74) is 1.70. The first-order chi connectivity index (χ1) is 7.24. The van der Waals surface area contributed by atoms with Gasteiger partial charge in [-0.15, -0.1) is 0 Å². The number of nitrogens with one attached hydrogen (secondary N) is 2. The maximum atomic E-state index is 10.9. The molecule has 0 unspecified atom stereocenters. The van der Waals surface area contributed by atoms with Gasteiger partial charge in [-0.1, -0.05) is 12.1 Å². The van der Waals surface area contributed by atoms with Crippen molar-refractivity contribution in [1.82, 2.24) is 0 Å². The Morgan fingerprint density at radius 2 is 2.00 bits per heavy atom. The summed E-state index contributed by atoms with van der Waals surface area (Å²) in [6.07, 6.45) is 0. The highest BCUT2D eigenvalue weighted by molar-refractivity contribution is 5.92. The summed E-state index contributed by atoms with van der Waals surface area (Å²) in [6, 6.07) is 7.57. The lowest BCUT2D eigenvalue weighted by Crippen LogP contribution is -2.12. The molecule has 0 bridgehead atoms. The molecule has 0 spiro atoms. The normalized spacial score (nSPS) is 9.73. The summed E-state index contributed by atoms with van der Waals surface area (Å²) in [6.45, 7) is 2.84. The van der Waals surface area contributed by atoms with Crippen molar-refractivity contribution in [2.45, 2.75) is 6.92 Å². The number of anilines is 2. The van der Waals surface area contributed by atoms with Gasteiger partial charge in [0.25, 0.3) is 0 Å². The van der Waals surface area contributed by atoms with Gasteiger partial charge in [-0.2, -0.15) is 0 Å². The zero-order valence-electron chi connectivity index (χ0n) is 9.04. The number of ether oxygens (including phenoxy) is 1. The Balaban J connectivity index is 2.64. The maximum Gasteiger partial charge on any atom is 0.221 e. The molecule has 82 valence electrons. The second-order valence-electron chi connectivity index (χ2n) is 3.15. The first-order valence-electron chi connectivity index (χ1n) is 4.83. The van der Waals surface area contributed by atoms with Gasteiger partial charge in [0.05, 0.1) is 18.0 Å². The highest BCUT2D eigenvalue weighted by Crippen LogP contribution is 2.20. The average Bonchev–Trinajstić information content (AvgIpc) is 2.20. The van der Waals surface area contributed by atoms with E-state index in [4.69, 9.17) is 4.74 Å². The second kappa shape index (κ2) is 6.03. The van der Waals surface area contributed by atoms with Gasteiger partial charge >= 0.3 is 0 Å². The molecule has 2 N–H and O–H groups in total. The number of rotatable bonds is 5. The molecule has 15 heavy (non-hydrogen) atoms. The van der Waals surface area contributed by atoms with Gasteiger partial charge in [-0.25, -0.2) is 0 Å². The van der Waals surface area contributed by atoms with E-state index < -0.39 is 0 Å². The minimum Gasteiger partial charge on any atom is -0.383 e. The molecule has 1 rings (SSSR count). The molecule has 0 saturated carbocycles. The van der Waals surface area contributed by atoms with Crippen molar-refractivity contribution in [2.75, 3.05) is 30.9 Å². The summed E-state index contributed by atoms with van der Waals surface area (Å²) in [4.78, 5) is 10.9. The van der Waals surface area contributed by atoms with Crippen molar-refractivity contribution in [3.05, 3.63) is 24.3 Å². The molecule has 0 heterocycles. The molecule has 0 radical (unpaired) electrons. The van der Waals surface area contributed by atoms with Crippen molar-refractivity contribution >= 4 is 17.3 Å². The molecule has 0 saturated heterocycles. The van der Waals surface area contributed by atoms with Crippen molar-refractivity contribution < 1.29 is 9.53 Å². The van der Waals surface area contributed by atoms with Crippen LogP contribution in [0.5, 0.6) is 0 Å². The van der Waals surface area contributed by atoms with Crippen LogP contribution >= 0.6 is 0 Å². The van der Waals surface area contributed by atoms with E-state index in [0.717, 1.165) is 11.4 Å². The molecule has 0 aromatic heterocycles. The van der Waals surface area contributed by atoms with Gasteiger partial charge in [0.15, 0.2) is 0 Å². The van der Waals surface area contributed by atoms with Gasteiger partial charge in [-0.3, -0.25) is 4.79 Å². The predicted octanol–water partition coefficient (Wildman–Crippen LogP) is 1.70. The summed E-state index contributed by atoms with van der Waals surface area (Å²) >= 11 is 0. The van der Waals surface area contributed by atoms with E-state index in [9.17, 15) is 4.79 Å². The van der Waals surface area contributed by atoms with Crippen molar-refractivity contribution in [1.29, 1.82) is 0 Å². The molecule has 1 aromatic carbocycles. The van der Waals surface area contributed by atoms with E-state index in [1.54, 1.807) is 7.11 Å². The Labute approximate surface area is 89.6 Å². The van der Waals surface area contributed by atoms with Crippen LogP contribution in [0.2, 0.25) is 0 Å². The molecule has 0 aliphatic carbocycles. The SMILES string of the molecule is COCCNc1ccccc1NC(C)=O. The van der Waals surface area contributed by atoms with Crippen LogP contribution in [0.15, 0.2) is 24.3 Å². The van der Waals surface area contributed by atoms with Crippen LogP contribution in [0.1, 0.15) is 6.92 Å². The number of hydrogen-bond acceptors (Lipinski definition) is 3. The van der Waals surface area contributed by atoms with E-state index in [1.807, 2.05) is 24.3 Å². The van der Waals surface area contributed by atoms with Crippen molar-refractivity contribution in [3.63, 3.8) is 0 Å². The zero-order valence-corrected chi connectivity index (χ0v) is 9.04. The number of benzene rings is 1. The number of carbonyl (C=O) groups excluding carboxylic acids is 1. The third kappa shape index (κ3) is 3.99. The lowest BCUT2D eigenvalue weighted by molar-refractivity contribution is -0.114. The fourth-order valence-corrected chi connectivity index (χ4v) is 1.22. The van der Waals surface area contributed by atoms with Crippen LogP contribution in [0.3, 0.4) is 0 Å². The Morgan fingerprint density at radius 1 is 1.33 bits per heavy atom. The van der Waals surface area contributed by atoms with Crippen LogP contribution in [-0.4, -0.2) is 26.2 Å². The van der Waals surface area contributed by atoms with Crippen LogP contribution in [0.25, 0.3) is 0 Å². The van der Waals surface area contributed by atoms with Gasteiger partial charge in [0.2, 0.25) is 5.91 Å². The second-order valence-corrected chi connectivity index (χ2v) is 3.15. The first-order valence-corrected chi connectivity index (χ1v) is 4.83. The maximum absolute atomic E-state index is 10.9. The minimum atomic E-state index is -0.0732. The molecule has 0 aliphatic heterocycles. The Morgan fingerprint density at radius 3 is 2.60 bits per heavy atom. The third-order valence-corrected chi connectivity index (χ3v) is 1.86. The van der Waals surface area contributed by atoms with Crippen LogP contribution in [0, 0.1) is 0 Å². The lowest BCUT2D eigenvalue weighted by Gasteiger charge is -2.11. The highest BCUT2D eigenvalue weighted by atomic mass is 16.5. The van der Waals surface area contributed by atoms with E-state index in [0.29, 0.717) is 13.2 Å². The van der Waals surface area contributed by atoms with Crippen molar-refractivity contribution in [2.24, 2.45) is 0 Å². The van der Waals surface area contributed by atoms with Gasteiger partial charge < -0.3 is 15.4 Å². The first kappa shape index (κ1) is 11.5. The number of para-hydroxylation sites is 2. The van der Waals surface area contributed by atoms with Crippen LogP contribution in [0.4, 0.5) is 11.4 Å². The van der Waals surface area contributed by atoms with Gasteiger partial charge in [0.1, 0.15) is 0 Å². The Hall–Kier alpha value is -1.55. The molecule has 0 atom stereocenters. The molecule has 1 aromatic rings. The molecule has 4 nitrogen and oxygen atoms in total. The largest absolute Gasteiger partial charge is 0.383 e. The number of carbonyl (C=O) groups is 1. The summed E-state index contributed by atoms with van der Waals surface area (Å²) in [5.74, 6) is -0.0732. The van der Waals surface area contributed by atoms with Crippen LogP contribution < -0.4 is 10.6 Å². The Bertz CT molecular complexity index is 326. The molecule has 0 fully saturated rings. The minimum absolute atomic E-state index is 0.0732. The standard InChI is InChI=1S/C11H16N2O2/c1-9(14)13-11-6-4-3-5-10(11)12-7-8-15-2/h3-6,12H,7-8H2,1-2H3,(H,13,14). The lowest BCUT2D eigenvalue weighted by atomic mass is 10.2.